The third-order valence-electron chi connectivity index (χ3n) is 2.57. The van der Waals surface area contributed by atoms with Crippen LogP contribution in [-0.4, -0.2) is 20.5 Å². The molecule has 18 heavy (non-hydrogen) atoms. The Hall–Kier alpha value is -1.91. The van der Waals surface area contributed by atoms with Crippen molar-refractivity contribution in [3.63, 3.8) is 0 Å². The van der Waals surface area contributed by atoms with Crippen LogP contribution in [0.3, 0.4) is 0 Å². The average molecular weight is 247 g/mol. The SMILES string of the molecule is Cc1ccc(C(=O)Cc2ncnn2CC(C)C)o1. The number of carbonyl (C=O) groups excluding carboxylic acids is 1. The van der Waals surface area contributed by atoms with E-state index in [1.807, 2.05) is 6.92 Å². The Morgan fingerprint density at radius 2 is 2.22 bits per heavy atom. The van der Waals surface area contributed by atoms with Crippen LogP contribution in [0.15, 0.2) is 22.9 Å². The number of carbonyl (C=O) groups is 1. The van der Waals surface area contributed by atoms with E-state index in [0.29, 0.717) is 17.5 Å². The summed E-state index contributed by atoms with van der Waals surface area (Å²) in [6, 6.07) is 3.48. The van der Waals surface area contributed by atoms with E-state index in [-0.39, 0.29) is 12.2 Å². The molecule has 2 rings (SSSR count). The van der Waals surface area contributed by atoms with Crippen LogP contribution < -0.4 is 0 Å². The van der Waals surface area contributed by atoms with Crippen molar-refractivity contribution in [1.29, 1.82) is 0 Å². The summed E-state index contributed by atoms with van der Waals surface area (Å²) >= 11 is 0. The first-order valence-corrected chi connectivity index (χ1v) is 6.02. The molecule has 2 aromatic rings. The van der Waals surface area contributed by atoms with Crippen LogP contribution in [0, 0.1) is 12.8 Å². The largest absolute Gasteiger partial charge is 0.458 e. The number of furan rings is 1. The summed E-state index contributed by atoms with van der Waals surface area (Å²) in [6.07, 6.45) is 1.71. The number of ketones is 1. The lowest BCUT2D eigenvalue weighted by Crippen LogP contribution is -2.14. The Morgan fingerprint density at radius 3 is 2.83 bits per heavy atom. The molecular formula is C13H17N3O2. The number of hydrogen-bond donors (Lipinski definition) is 0. The van der Waals surface area contributed by atoms with Gasteiger partial charge in [0.25, 0.3) is 0 Å². The molecule has 0 bridgehead atoms. The van der Waals surface area contributed by atoms with Gasteiger partial charge in [-0.2, -0.15) is 5.10 Å². The van der Waals surface area contributed by atoms with Gasteiger partial charge in [-0.3, -0.25) is 4.79 Å². The predicted molar refractivity (Wildman–Crippen MR) is 66.3 cm³/mol. The Kier molecular flexibility index (Phi) is 3.60. The standard InChI is InChI=1S/C13H17N3O2/c1-9(2)7-16-13(14-8-15-16)6-11(17)12-5-4-10(3)18-12/h4-5,8-9H,6-7H2,1-3H3. The number of nitrogens with zero attached hydrogens (tertiary/aromatic N) is 3. The van der Waals surface area contributed by atoms with E-state index in [1.165, 1.54) is 6.33 Å². The van der Waals surface area contributed by atoms with Crippen molar-refractivity contribution in [2.75, 3.05) is 0 Å². The van der Waals surface area contributed by atoms with Crippen LogP contribution >= 0.6 is 0 Å². The fourth-order valence-electron chi connectivity index (χ4n) is 1.74. The Balaban J connectivity index is 2.10. The van der Waals surface area contributed by atoms with Crippen LogP contribution in [0.4, 0.5) is 0 Å². The molecule has 5 nitrogen and oxygen atoms in total. The van der Waals surface area contributed by atoms with E-state index < -0.39 is 0 Å². The maximum absolute atomic E-state index is 12.0. The first-order chi connectivity index (χ1) is 8.56. The van der Waals surface area contributed by atoms with E-state index in [1.54, 1.807) is 16.8 Å². The molecule has 0 amide bonds. The van der Waals surface area contributed by atoms with Gasteiger partial charge in [0.15, 0.2) is 5.76 Å². The van der Waals surface area contributed by atoms with Crippen molar-refractivity contribution in [3.05, 3.63) is 35.8 Å². The summed E-state index contributed by atoms with van der Waals surface area (Å²) in [4.78, 5) is 16.1. The van der Waals surface area contributed by atoms with Crippen LogP contribution in [0.2, 0.25) is 0 Å². The fraction of sp³-hybridized carbons (Fsp3) is 0.462. The summed E-state index contributed by atoms with van der Waals surface area (Å²) in [7, 11) is 0. The fourth-order valence-corrected chi connectivity index (χ4v) is 1.74. The quantitative estimate of drug-likeness (QED) is 0.760. The molecule has 0 aliphatic carbocycles. The summed E-state index contributed by atoms with van der Waals surface area (Å²) in [6.45, 7) is 6.78. The maximum Gasteiger partial charge on any atom is 0.205 e. The molecule has 2 aromatic heterocycles. The average Bonchev–Trinajstić information content (AvgIpc) is 2.88. The van der Waals surface area contributed by atoms with Crippen LogP contribution in [0.5, 0.6) is 0 Å². The lowest BCUT2D eigenvalue weighted by molar-refractivity contribution is 0.0961. The highest BCUT2D eigenvalue weighted by molar-refractivity contribution is 5.94. The monoisotopic (exact) mass is 247 g/mol. The van der Waals surface area contributed by atoms with Gasteiger partial charge in [-0.15, -0.1) is 0 Å². The van der Waals surface area contributed by atoms with Crippen LogP contribution in [-0.2, 0) is 13.0 Å². The van der Waals surface area contributed by atoms with Crippen molar-refractivity contribution in [1.82, 2.24) is 14.8 Å². The first-order valence-electron chi connectivity index (χ1n) is 6.02. The van der Waals surface area contributed by atoms with E-state index in [4.69, 9.17) is 4.42 Å². The van der Waals surface area contributed by atoms with Crippen molar-refractivity contribution < 1.29 is 9.21 Å². The number of aromatic nitrogens is 3. The molecule has 0 saturated heterocycles. The minimum atomic E-state index is -0.0684. The number of rotatable bonds is 5. The third kappa shape index (κ3) is 2.85. The molecule has 0 spiro atoms. The molecule has 0 fully saturated rings. The van der Waals surface area contributed by atoms with Gasteiger partial charge in [0, 0.05) is 6.54 Å². The maximum atomic E-state index is 12.0. The second-order valence-corrected chi connectivity index (χ2v) is 4.76. The molecule has 2 heterocycles. The summed E-state index contributed by atoms with van der Waals surface area (Å²) in [5, 5.41) is 4.13. The highest BCUT2D eigenvalue weighted by Crippen LogP contribution is 2.10. The van der Waals surface area contributed by atoms with Gasteiger partial charge in [-0.05, 0) is 25.0 Å². The molecule has 0 aromatic carbocycles. The zero-order chi connectivity index (χ0) is 13.1. The van der Waals surface area contributed by atoms with Gasteiger partial charge < -0.3 is 4.42 Å². The van der Waals surface area contributed by atoms with Crippen molar-refractivity contribution in [2.24, 2.45) is 5.92 Å². The lowest BCUT2D eigenvalue weighted by Gasteiger charge is -2.07. The Morgan fingerprint density at radius 1 is 1.44 bits per heavy atom. The zero-order valence-corrected chi connectivity index (χ0v) is 10.9. The summed E-state index contributed by atoms with van der Waals surface area (Å²) < 4.78 is 7.08. The van der Waals surface area contributed by atoms with Crippen molar-refractivity contribution in [3.8, 4) is 0 Å². The summed E-state index contributed by atoms with van der Waals surface area (Å²) in [5.74, 6) is 2.20. The molecule has 0 aliphatic rings. The number of aryl methyl sites for hydroxylation is 1. The second kappa shape index (κ2) is 5.16. The first kappa shape index (κ1) is 12.5. The molecule has 0 aliphatic heterocycles. The van der Waals surface area contributed by atoms with E-state index in [2.05, 4.69) is 23.9 Å². The molecule has 0 unspecified atom stereocenters. The Bertz CT molecular complexity index is 540. The minimum absolute atomic E-state index is 0.0684. The minimum Gasteiger partial charge on any atom is -0.458 e. The van der Waals surface area contributed by atoms with E-state index in [0.717, 1.165) is 12.3 Å². The molecule has 0 atom stereocenters. The van der Waals surface area contributed by atoms with Gasteiger partial charge in [0.05, 0.1) is 6.42 Å². The van der Waals surface area contributed by atoms with Crippen molar-refractivity contribution >= 4 is 5.78 Å². The molecule has 0 radical (unpaired) electrons. The number of hydrogen-bond acceptors (Lipinski definition) is 4. The molecule has 96 valence electrons. The highest BCUT2D eigenvalue weighted by atomic mass is 16.3. The van der Waals surface area contributed by atoms with E-state index >= 15 is 0 Å². The lowest BCUT2D eigenvalue weighted by atomic mass is 10.2. The van der Waals surface area contributed by atoms with Crippen molar-refractivity contribution in [2.45, 2.75) is 33.7 Å². The highest BCUT2D eigenvalue weighted by Gasteiger charge is 2.15. The molecule has 5 heteroatoms. The molecular weight excluding hydrogens is 230 g/mol. The van der Waals surface area contributed by atoms with Gasteiger partial charge in [-0.25, -0.2) is 9.67 Å². The van der Waals surface area contributed by atoms with Gasteiger partial charge in [-0.1, -0.05) is 13.8 Å². The summed E-state index contributed by atoms with van der Waals surface area (Å²) in [5.41, 5.74) is 0. The van der Waals surface area contributed by atoms with Gasteiger partial charge >= 0.3 is 0 Å². The molecule has 0 saturated carbocycles. The Labute approximate surface area is 106 Å². The van der Waals surface area contributed by atoms with Gasteiger partial charge in [0.2, 0.25) is 5.78 Å². The third-order valence-corrected chi connectivity index (χ3v) is 2.57. The van der Waals surface area contributed by atoms with E-state index in [9.17, 15) is 4.79 Å². The zero-order valence-electron chi connectivity index (χ0n) is 10.9. The number of Topliss-reactive ketones (excluding diaryl/α,β-unsaturated/α-hetero) is 1. The molecule has 0 N–H and O–H groups in total. The predicted octanol–water partition coefficient (Wildman–Crippen LogP) is 2.26. The topological polar surface area (TPSA) is 60.9 Å². The van der Waals surface area contributed by atoms with Crippen LogP contribution in [0.25, 0.3) is 0 Å². The normalized spacial score (nSPS) is 11.1. The van der Waals surface area contributed by atoms with Gasteiger partial charge in [0.1, 0.15) is 17.9 Å². The smallest absolute Gasteiger partial charge is 0.205 e. The second-order valence-electron chi connectivity index (χ2n) is 4.76. The van der Waals surface area contributed by atoms with Crippen LogP contribution in [0.1, 0.15) is 36.0 Å².